The molecule has 0 spiro atoms. The SMILES string of the molecule is Cc1ccc(Cl)cc1NC(=O)[C@@H]1CCCN(Cc2cccc(F)c2)C1. The summed E-state index contributed by atoms with van der Waals surface area (Å²) in [5.74, 6) is -0.268. The first-order chi connectivity index (χ1) is 12.0. The van der Waals surface area contributed by atoms with E-state index in [0.29, 0.717) is 18.1 Å². The first-order valence-electron chi connectivity index (χ1n) is 8.55. The maximum absolute atomic E-state index is 13.3. The van der Waals surface area contributed by atoms with Crippen molar-refractivity contribution in [3.05, 3.63) is 64.4 Å². The summed E-state index contributed by atoms with van der Waals surface area (Å²) in [6.45, 7) is 4.22. The normalized spacial score (nSPS) is 18.1. The molecule has 0 aromatic heterocycles. The van der Waals surface area contributed by atoms with Gasteiger partial charge in [-0.15, -0.1) is 0 Å². The van der Waals surface area contributed by atoms with Crippen molar-refractivity contribution in [2.75, 3.05) is 18.4 Å². The standard InChI is InChI=1S/C20H22ClFN2O/c1-14-7-8-17(21)11-19(14)23-20(25)16-5-3-9-24(13-16)12-15-4-2-6-18(22)10-15/h2,4,6-8,10-11,16H,3,5,9,12-13H2,1H3,(H,23,25)/t16-/m1/s1. The van der Waals surface area contributed by atoms with Gasteiger partial charge in [0.25, 0.3) is 0 Å². The van der Waals surface area contributed by atoms with Gasteiger partial charge in [0, 0.05) is 23.8 Å². The minimum absolute atomic E-state index is 0.0225. The van der Waals surface area contributed by atoms with E-state index >= 15 is 0 Å². The highest BCUT2D eigenvalue weighted by atomic mass is 35.5. The molecule has 0 unspecified atom stereocenters. The van der Waals surface area contributed by atoms with Crippen molar-refractivity contribution in [1.82, 2.24) is 4.90 Å². The molecule has 1 N–H and O–H groups in total. The molecule has 1 heterocycles. The summed E-state index contributed by atoms with van der Waals surface area (Å²) in [7, 11) is 0. The van der Waals surface area contributed by atoms with Crippen LogP contribution in [0.2, 0.25) is 5.02 Å². The average molecular weight is 361 g/mol. The topological polar surface area (TPSA) is 32.3 Å². The summed E-state index contributed by atoms with van der Waals surface area (Å²) in [4.78, 5) is 14.9. The van der Waals surface area contributed by atoms with E-state index in [-0.39, 0.29) is 17.6 Å². The largest absolute Gasteiger partial charge is 0.326 e. The Hall–Kier alpha value is -1.91. The molecule has 1 aliphatic rings. The summed E-state index contributed by atoms with van der Waals surface area (Å²) in [6, 6.07) is 12.1. The van der Waals surface area contributed by atoms with Crippen LogP contribution >= 0.6 is 11.6 Å². The van der Waals surface area contributed by atoms with Crippen molar-refractivity contribution >= 4 is 23.2 Å². The van der Waals surface area contributed by atoms with E-state index in [1.165, 1.54) is 6.07 Å². The summed E-state index contributed by atoms with van der Waals surface area (Å²) in [6.07, 6.45) is 1.83. The maximum Gasteiger partial charge on any atom is 0.228 e. The summed E-state index contributed by atoms with van der Waals surface area (Å²) >= 11 is 6.02. The number of carbonyl (C=O) groups excluding carboxylic acids is 1. The third-order valence-corrected chi connectivity index (χ3v) is 4.86. The molecule has 1 amide bonds. The van der Waals surface area contributed by atoms with Gasteiger partial charge in [-0.25, -0.2) is 4.39 Å². The number of halogens is 2. The number of aryl methyl sites for hydroxylation is 1. The molecule has 2 aromatic carbocycles. The number of benzene rings is 2. The Balaban J connectivity index is 1.62. The number of nitrogens with one attached hydrogen (secondary N) is 1. The van der Waals surface area contributed by atoms with Gasteiger partial charge in [0.2, 0.25) is 5.91 Å². The van der Waals surface area contributed by atoms with Gasteiger partial charge in [0.15, 0.2) is 0 Å². The monoisotopic (exact) mass is 360 g/mol. The van der Waals surface area contributed by atoms with Gasteiger partial charge >= 0.3 is 0 Å². The fourth-order valence-corrected chi connectivity index (χ4v) is 3.44. The third kappa shape index (κ3) is 4.80. The zero-order chi connectivity index (χ0) is 17.8. The van der Waals surface area contributed by atoms with E-state index in [9.17, 15) is 9.18 Å². The molecule has 1 atom stereocenters. The molecule has 2 aromatic rings. The molecule has 0 radical (unpaired) electrons. The van der Waals surface area contributed by atoms with Gasteiger partial charge < -0.3 is 5.32 Å². The van der Waals surface area contributed by atoms with Crippen LogP contribution in [0.4, 0.5) is 10.1 Å². The first-order valence-corrected chi connectivity index (χ1v) is 8.93. The lowest BCUT2D eigenvalue weighted by Gasteiger charge is -2.32. The van der Waals surface area contributed by atoms with Crippen molar-refractivity contribution in [3.8, 4) is 0 Å². The number of nitrogens with zero attached hydrogens (tertiary/aromatic N) is 1. The second-order valence-corrected chi connectivity index (χ2v) is 7.09. The van der Waals surface area contributed by atoms with Crippen LogP contribution in [0.25, 0.3) is 0 Å². The number of carbonyl (C=O) groups is 1. The molecule has 3 nitrogen and oxygen atoms in total. The zero-order valence-electron chi connectivity index (χ0n) is 14.3. The molecule has 132 valence electrons. The number of amides is 1. The molecular weight excluding hydrogens is 339 g/mol. The van der Waals surface area contributed by atoms with Crippen LogP contribution in [0.1, 0.15) is 24.0 Å². The Morgan fingerprint density at radius 2 is 2.16 bits per heavy atom. The van der Waals surface area contributed by atoms with Crippen LogP contribution in [0, 0.1) is 18.7 Å². The number of hydrogen-bond donors (Lipinski definition) is 1. The molecule has 5 heteroatoms. The Bertz CT molecular complexity index is 765. The highest BCUT2D eigenvalue weighted by Crippen LogP contribution is 2.24. The van der Waals surface area contributed by atoms with Crippen LogP contribution in [0.3, 0.4) is 0 Å². The number of likely N-dealkylation sites (tertiary alicyclic amines) is 1. The first kappa shape index (κ1) is 17.9. The molecule has 1 saturated heterocycles. The zero-order valence-corrected chi connectivity index (χ0v) is 15.0. The smallest absolute Gasteiger partial charge is 0.228 e. The molecule has 1 fully saturated rings. The van der Waals surface area contributed by atoms with Crippen LogP contribution in [-0.2, 0) is 11.3 Å². The molecule has 25 heavy (non-hydrogen) atoms. The maximum atomic E-state index is 13.3. The van der Waals surface area contributed by atoms with Crippen LogP contribution in [0.5, 0.6) is 0 Å². The van der Waals surface area contributed by atoms with Crippen molar-refractivity contribution in [1.29, 1.82) is 0 Å². The van der Waals surface area contributed by atoms with Crippen molar-refractivity contribution in [2.24, 2.45) is 5.92 Å². The van der Waals surface area contributed by atoms with Gasteiger partial charge in [-0.05, 0) is 61.7 Å². The van der Waals surface area contributed by atoms with Gasteiger partial charge in [0.05, 0.1) is 5.92 Å². The lowest BCUT2D eigenvalue weighted by molar-refractivity contribution is -0.121. The Kier molecular flexibility index (Phi) is 5.71. The third-order valence-electron chi connectivity index (χ3n) is 4.63. The second kappa shape index (κ2) is 7.98. The lowest BCUT2D eigenvalue weighted by Crippen LogP contribution is -2.40. The van der Waals surface area contributed by atoms with E-state index in [1.807, 2.05) is 25.1 Å². The predicted octanol–water partition coefficient (Wildman–Crippen LogP) is 4.64. The van der Waals surface area contributed by atoms with E-state index in [4.69, 9.17) is 11.6 Å². The van der Waals surface area contributed by atoms with Gasteiger partial charge in [-0.3, -0.25) is 9.69 Å². The minimum Gasteiger partial charge on any atom is -0.326 e. The van der Waals surface area contributed by atoms with Crippen LogP contribution in [-0.4, -0.2) is 23.9 Å². The summed E-state index contributed by atoms with van der Waals surface area (Å²) in [5.41, 5.74) is 2.69. The highest BCUT2D eigenvalue weighted by Gasteiger charge is 2.26. The summed E-state index contributed by atoms with van der Waals surface area (Å²) < 4.78 is 13.3. The van der Waals surface area contributed by atoms with Crippen molar-refractivity contribution in [3.63, 3.8) is 0 Å². The molecule has 0 bridgehead atoms. The number of rotatable bonds is 4. The molecule has 0 saturated carbocycles. The van der Waals surface area contributed by atoms with Gasteiger partial charge in [0.1, 0.15) is 5.82 Å². The van der Waals surface area contributed by atoms with E-state index in [0.717, 1.165) is 36.2 Å². The fourth-order valence-electron chi connectivity index (χ4n) is 3.27. The Morgan fingerprint density at radius 3 is 2.96 bits per heavy atom. The Morgan fingerprint density at radius 1 is 1.32 bits per heavy atom. The molecular formula is C20H22ClFN2O. The van der Waals surface area contributed by atoms with E-state index in [1.54, 1.807) is 18.2 Å². The quantitative estimate of drug-likeness (QED) is 0.861. The molecule has 1 aliphatic heterocycles. The Labute approximate surface area is 152 Å². The highest BCUT2D eigenvalue weighted by molar-refractivity contribution is 6.31. The fraction of sp³-hybridized carbons (Fsp3) is 0.350. The van der Waals surface area contributed by atoms with E-state index in [2.05, 4.69) is 10.2 Å². The minimum atomic E-state index is -0.222. The van der Waals surface area contributed by atoms with Gasteiger partial charge in [-0.2, -0.15) is 0 Å². The average Bonchev–Trinajstić information content (AvgIpc) is 2.58. The lowest BCUT2D eigenvalue weighted by atomic mass is 9.96. The second-order valence-electron chi connectivity index (χ2n) is 6.65. The van der Waals surface area contributed by atoms with Crippen LogP contribution < -0.4 is 5.32 Å². The van der Waals surface area contributed by atoms with Crippen LogP contribution in [0.15, 0.2) is 42.5 Å². The van der Waals surface area contributed by atoms with Crippen molar-refractivity contribution < 1.29 is 9.18 Å². The number of hydrogen-bond acceptors (Lipinski definition) is 2. The number of piperidine rings is 1. The number of anilines is 1. The predicted molar refractivity (Wildman–Crippen MR) is 99.2 cm³/mol. The van der Waals surface area contributed by atoms with E-state index < -0.39 is 0 Å². The summed E-state index contributed by atoms with van der Waals surface area (Å²) in [5, 5.41) is 3.61. The molecule has 0 aliphatic carbocycles. The van der Waals surface area contributed by atoms with Gasteiger partial charge in [-0.1, -0.05) is 29.8 Å². The molecule has 3 rings (SSSR count). The van der Waals surface area contributed by atoms with Crippen molar-refractivity contribution in [2.45, 2.75) is 26.3 Å².